The highest BCUT2D eigenvalue weighted by atomic mass is 15.3. The topological polar surface area (TPSA) is 29.9 Å². The van der Waals surface area contributed by atoms with Crippen molar-refractivity contribution in [3.8, 4) is 0 Å². The Hall–Kier alpha value is -0.830. The lowest BCUT2D eigenvalue weighted by molar-refractivity contribution is 0.123. The highest BCUT2D eigenvalue weighted by Gasteiger charge is 2.34. The van der Waals surface area contributed by atoms with Crippen LogP contribution in [0.4, 0.5) is 0 Å². The van der Waals surface area contributed by atoms with Crippen molar-refractivity contribution in [3.05, 3.63) is 18.0 Å². The molecule has 0 radical (unpaired) electrons. The monoisotopic (exact) mass is 221 g/mol. The van der Waals surface area contributed by atoms with Crippen molar-refractivity contribution in [2.75, 3.05) is 6.54 Å². The fourth-order valence-electron chi connectivity index (χ4n) is 2.58. The molecule has 0 aliphatic heterocycles. The average molecular weight is 221 g/mol. The van der Waals surface area contributed by atoms with Crippen LogP contribution in [0.1, 0.15) is 45.2 Å². The Morgan fingerprint density at radius 3 is 2.81 bits per heavy atom. The maximum Gasteiger partial charge on any atom is 0.0521 e. The zero-order valence-corrected chi connectivity index (χ0v) is 10.5. The van der Waals surface area contributed by atoms with Gasteiger partial charge in [-0.1, -0.05) is 13.3 Å². The molecule has 1 aromatic rings. The van der Waals surface area contributed by atoms with Gasteiger partial charge < -0.3 is 5.32 Å². The number of aromatic nitrogens is 2. The minimum absolute atomic E-state index is 0.608. The van der Waals surface area contributed by atoms with Crippen molar-refractivity contribution in [2.45, 2.75) is 52.6 Å². The molecule has 0 aromatic carbocycles. The molecule has 0 atom stereocenters. The fourth-order valence-corrected chi connectivity index (χ4v) is 2.58. The molecule has 0 bridgehead atoms. The first-order valence-electron chi connectivity index (χ1n) is 6.51. The van der Waals surface area contributed by atoms with Gasteiger partial charge in [0.25, 0.3) is 0 Å². The van der Waals surface area contributed by atoms with Gasteiger partial charge in [0.2, 0.25) is 0 Å². The second-order valence-electron chi connectivity index (χ2n) is 4.95. The van der Waals surface area contributed by atoms with E-state index in [0.717, 1.165) is 13.1 Å². The Balaban J connectivity index is 1.79. The van der Waals surface area contributed by atoms with E-state index in [1.54, 1.807) is 0 Å². The second-order valence-corrected chi connectivity index (χ2v) is 4.95. The highest BCUT2D eigenvalue weighted by molar-refractivity contribution is 5.00. The molecule has 1 heterocycles. The van der Waals surface area contributed by atoms with Gasteiger partial charge in [-0.3, -0.25) is 4.68 Å². The SMILES string of the molecule is CCn1nccc1CNCC1(CC)CCC1. The Kier molecular flexibility index (Phi) is 3.64. The molecule has 1 saturated carbocycles. The minimum Gasteiger partial charge on any atom is -0.311 e. The molecule has 2 rings (SSSR count). The first kappa shape index (κ1) is 11.6. The van der Waals surface area contributed by atoms with Crippen LogP contribution < -0.4 is 5.32 Å². The van der Waals surface area contributed by atoms with Crippen molar-refractivity contribution < 1.29 is 0 Å². The zero-order valence-electron chi connectivity index (χ0n) is 10.5. The van der Waals surface area contributed by atoms with E-state index in [-0.39, 0.29) is 0 Å². The van der Waals surface area contributed by atoms with Crippen molar-refractivity contribution in [3.63, 3.8) is 0 Å². The van der Waals surface area contributed by atoms with E-state index in [1.807, 2.05) is 6.20 Å². The summed E-state index contributed by atoms with van der Waals surface area (Å²) in [5.41, 5.74) is 1.91. The number of hydrogen-bond donors (Lipinski definition) is 1. The van der Waals surface area contributed by atoms with E-state index in [9.17, 15) is 0 Å². The fraction of sp³-hybridized carbons (Fsp3) is 0.769. The van der Waals surface area contributed by atoms with E-state index in [1.165, 1.54) is 37.9 Å². The average Bonchev–Trinajstić information content (AvgIpc) is 2.69. The summed E-state index contributed by atoms with van der Waals surface area (Å²) in [6, 6.07) is 2.11. The standard InChI is InChI=1S/C13H23N3/c1-3-13(7-5-8-13)11-14-10-12-6-9-15-16(12)4-2/h6,9,14H,3-5,7-8,10-11H2,1-2H3. The Bertz CT molecular complexity index is 320. The predicted molar refractivity (Wildman–Crippen MR) is 66.2 cm³/mol. The van der Waals surface area contributed by atoms with Gasteiger partial charge in [0.1, 0.15) is 0 Å². The van der Waals surface area contributed by atoms with E-state index in [2.05, 4.69) is 35.0 Å². The van der Waals surface area contributed by atoms with Gasteiger partial charge in [-0.15, -0.1) is 0 Å². The lowest BCUT2D eigenvalue weighted by atomic mass is 9.67. The van der Waals surface area contributed by atoms with Gasteiger partial charge in [0.05, 0.1) is 5.69 Å². The summed E-state index contributed by atoms with van der Waals surface area (Å²) >= 11 is 0. The third-order valence-corrected chi connectivity index (χ3v) is 4.07. The molecule has 1 fully saturated rings. The van der Waals surface area contributed by atoms with Crippen LogP contribution in [-0.2, 0) is 13.1 Å². The minimum atomic E-state index is 0.608. The van der Waals surface area contributed by atoms with Gasteiger partial charge >= 0.3 is 0 Å². The summed E-state index contributed by atoms with van der Waals surface area (Å²) in [6.07, 6.45) is 7.43. The highest BCUT2D eigenvalue weighted by Crippen LogP contribution is 2.43. The van der Waals surface area contributed by atoms with Crippen molar-refractivity contribution >= 4 is 0 Å². The molecular formula is C13H23N3. The van der Waals surface area contributed by atoms with E-state index in [0.29, 0.717) is 5.41 Å². The van der Waals surface area contributed by atoms with Gasteiger partial charge in [-0.2, -0.15) is 5.10 Å². The normalized spacial score (nSPS) is 18.4. The van der Waals surface area contributed by atoms with Gasteiger partial charge in [0, 0.05) is 25.8 Å². The van der Waals surface area contributed by atoms with Crippen LogP contribution in [0.2, 0.25) is 0 Å². The van der Waals surface area contributed by atoms with Gasteiger partial charge in [-0.05, 0) is 37.7 Å². The predicted octanol–water partition coefficient (Wildman–Crippen LogP) is 2.57. The van der Waals surface area contributed by atoms with Crippen molar-refractivity contribution in [1.29, 1.82) is 0 Å². The third kappa shape index (κ3) is 2.29. The number of hydrogen-bond acceptors (Lipinski definition) is 2. The maximum absolute atomic E-state index is 4.28. The van der Waals surface area contributed by atoms with Crippen LogP contribution in [0.3, 0.4) is 0 Å². The molecule has 3 heteroatoms. The van der Waals surface area contributed by atoms with Crippen LogP contribution in [-0.4, -0.2) is 16.3 Å². The molecule has 1 aliphatic rings. The van der Waals surface area contributed by atoms with Crippen molar-refractivity contribution in [2.24, 2.45) is 5.41 Å². The number of nitrogens with one attached hydrogen (secondary N) is 1. The third-order valence-electron chi connectivity index (χ3n) is 4.07. The molecule has 1 N–H and O–H groups in total. The molecule has 0 spiro atoms. The summed E-state index contributed by atoms with van der Waals surface area (Å²) in [7, 11) is 0. The number of rotatable bonds is 6. The van der Waals surface area contributed by atoms with Gasteiger partial charge in [-0.25, -0.2) is 0 Å². The smallest absolute Gasteiger partial charge is 0.0521 e. The van der Waals surface area contributed by atoms with Crippen LogP contribution in [0.15, 0.2) is 12.3 Å². The van der Waals surface area contributed by atoms with Crippen LogP contribution in [0.25, 0.3) is 0 Å². The molecule has 3 nitrogen and oxygen atoms in total. The lowest BCUT2D eigenvalue weighted by Gasteiger charge is -2.41. The summed E-state index contributed by atoms with van der Waals surface area (Å²) < 4.78 is 2.06. The summed E-state index contributed by atoms with van der Waals surface area (Å²) in [6.45, 7) is 7.53. The molecule has 1 aliphatic carbocycles. The van der Waals surface area contributed by atoms with Gasteiger partial charge in [0.15, 0.2) is 0 Å². The van der Waals surface area contributed by atoms with Crippen LogP contribution >= 0.6 is 0 Å². The maximum atomic E-state index is 4.28. The summed E-state index contributed by atoms with van der Waals surface area (Å²) in [5, 5.41) is 7.88. The molecule has 1 aromatic heterocycles. The van der Waals surface area contributed by atoms with E-state index < -0.39 is 0 Å². The largest absolute Gasteiger partial charge is 0.311 e. The lowest BCUT2D eigenvalue weighted by Crippen LogP contribution is -2.39. The summed E-state index contributed by atoms with van der Waals surface area (Å²) in [5.74, 6) is 0. The summed E-state index contributed by atoms with van der Waals surface area (Å²) in [4.78, 5) is 0. The number of nitrogens with zero attached hydrogens (tertiary/aromatic N) is 2. The van der Waals surface area contributed by atoms with E-state index >= 15 is 0 Å². The molecular weight excluding hydrogens is 198 g/mol. The zero-order chi connectivity index (χ0) is 11.4. The first-order chi connectivity index (χ1) is 7.79. The molecule has 16 heavy (non-hydrogen) atoms. The van der Waals surface area contributed by atoms with Crippen LogP contribution in [0, 0.1) is 5.41 Å². The Morgan fingerprint density at radius 2 is 2.25 bits per heavy atom. The number of aryl methyl sites for hydroxylation is 1. The molecule has 90 valence electrons. The quantitative estimate of drug-likeness (QED) is 0.800. The van der Waals surface area contributed by atoms with E-state index in [4.69, 9.17) is 0 Å². The van der Waals surface area contributed by atoms with Crippen LogP contribution in [0.5, 0.6) is 0 Å². The molecule has 0 amide bonds. The first-order valence-corrected chi connectivity index (χ1v) is 6.51. The Morgan fingerprint density at radius 1 is 1.44 bits per heavy atom. The van der Waals surface area contributed by atoms with Crippen molar-refractivity contribution in [1.82, 2.24) is 15.1 Å². The Labute approximate surface area is 98.2 Å². The molecule has 0 unspecified atom stereocenters. The molecule has 0 saturated heterocycles. The second kappa shape index (κ2) is 5.00.